The molecular weight excluding hydrogens is 901 g/mol. The Morgan fingerprint density at radius 2 is 1.66 bits per heavy atom. The van der Waals surface area contributed by atoms with Gasteiger partial charge in [0.15, 0.2) is 0 Å². The SMILES string of the molecule is CO[C@H]1/C=C/O[C@@]2(C)Oc3c(C)c(O)c4c(c3C2=O)C2=NC3(CCN(CC(C)C)CC3)NC2=C(NC(=O)/C(C)=C\C=C\C(C)[C@H](O)[C@@H](C)C(O)[C@@H](C)[C@H](OC(=O)CC(=O)N2CCCN(C)CC2)C1)C4=O. The number of likely N-dealkylation sites (tertiary alicyclic amines) is 1. The Morgan fingerprint density at radius 3 is 2.34 bits per heavy atom. The van der Waals surface area contributed by atoms with E-state index in [9.17, 15) is 39.3 Å². The molecule has 8 rings (SSSR count). The molecule has 1 spiro atoms. The Morgan fingerprint density at radius 1 is 0.943 bits per heavy atom. The number of hydrogen-bond acceptors (Lipinski definition) is 16. The van der Waals surface area contributed by atoms with E-state index in [4.69, 9.17) is 23.9 Å². The number of nitrogens with one attached hydrogen (secondary N) is 2. The summed E-state index contributed by atoms with van der Waals surface area (Å²) in [6.07, 6.45) is 4.75. The van der Waals surface area contributed by atoms with E-state index in [2.05, 4.69) is 34.3 Å². The number of phenols is 1. The molecule has 70 heavy (non-hydrogen) atoms. The smallest absolute Gasteiger partial charge is 0.315 e. The highest BCUT2D eigenvalue weighted by molar-refractivity contribution is 6.34. The highest BCUT2D eigenvalue weighted by Gasteiger charge is 2.54. The summed E-state index contributed by atoms with van der Waals surface area (Å²) in [6.45, 7) is 18.8. The third-order valence-corrected chi connectivity index (χ3v) is 14.9. The molecule has 1 aromatic rings. The van der Waals surface area contributed by atoms with Gasteiger partial charge in [-0.2, -0.15) is 0 Å². The number of benzene rings is 1. The molecule has 5 bridgehead atoms. The first-order valence-corrected chi connectivity index (χ1v) is 24.7. The number of aliphatic imine (C=N–C) groups is 1. The van der Waals surface area contributed by atoms with E-state index in [1.807, 2.05) is 7.05 Å². The third kappa shape index (κ3) is 10.6. The van der Waals surface area contributed by atoms with Crippen LogP contribution in [0.4, 0.5) is 0 Å². The quantitative estimate of drug-likeness (QED) is 0.201. The normalized spacial score (nSPS) is 31.7. The Bertz CT molecular complexity index is 2400. The molecule has 1 aromatic carbocycles. The number of fused-ring (bicyclic) bond motifs is 13. The number of likely N-dealkylation sites (N-methyl/N-ethyl adjacent to an activating group) is 1. The maximum absolute atomic E-state index is 14.8. The van der Waals surface area contributed by atoms with Crippen molar-refractivity contribution in [2.45, 2.75) is 123 Å². The van der Waals surface area contributed by atoms with Crippen LogP contribution in [-0.2, 0) is 28.6 Å². The molecule has 0 aromatic heterocycles. The van der Waals surface area contributed by atoms with Gasteiger partial charge in [-0.25, -0.2) is 0 Å². The van der Waals surface area contributed by atoms with Gasteiger partial charge >= 0.3 is 11.8 Å². The molecule has 8 atom stereocenters. The molecule has 0 radical (unpaired) electrons. The summed E-state index contributed by atoms with van der Waals surface area (Å²) in [7, 11) is 3.41. The molecule has 5 N–H and O–H groups in total. The minimum Gasteiger partial charge on any atom is -0.507 e. The number of allylic oxidation sites excluding steroid dienone is 4. The number of aliphatic hydroxyl groups excluding tert-OH is 2. The van der Waals surface area contributed by atoms with Crippen LogP contribution in [0.1, 0.15) is 112 Å². The number of phenolic OH excluding ortho intramolecular Hbond substituents is 1. The number of esters is 1. The summed E-state index contributed by atoms with van der Waals surface area (Å²) in [5, 5.41) is 41.6. The zero-order valence-corrected chi connectivity index (χ0v) is 42.3. The fourth-order valence-electron chi connectivity index (χ4n) is 10.4. The van der Waals surface area contributed by atoms with Crippen molar-refractivity contribution in [1.82, 2.24) is 25.3 Å². The Hall–Kier alpha value is -5.40. The van der Waals surface area contributed by atoms with E-state index in [0.717, 1.165) is 19.5 Å². The van der Waals surface area contributed by atoms with E-state index in [-0.39, 0.29) is 63.0 Å². The molecule has 18 nitrogen and oxygen atoms in total. The maximum atomic E-state index is 14.8. The third-order valence-electron chi connectivity index (χ3n) is 14.9. The van der Waals surface area contributed by atoms with Crippen LogP contribution in [0.25, 0.3) is 0 Å². The largest absolute Gasteiger partial charge is 0.507 e. The number of ketones is 2. The molecule has 2 amide bonds. The second-order valence-electron chi connectivity index (χ2n) is 20.6. The number of carbonyl (C=O) groups excluding carboxylic acids is 5. The molecule has 18 heteroatoms. The van der Waals surface area contributed by atoms with Crippen LogP contribution in [-0.4, -0.2) is 161 Å². The average Bonchev–Trinajstić information content (AvgIpc) is 3.71. The predicted molar refractivity (Wildman–Crippen MR) is 260 cm³/mol. The minimum atomic E-state index is -2.01. The second kappa shape index (κ2) is 21.1. The fraction of sp³-hybridized carbons (Fsp3) is 0.615. The number of aliphatic hydroxyl groups is 2. The van der Waals surface area contributed by atoms with Gasteiger partial charge in [0.2, 0.25) is 11.7 Å². The number of Topliss-reactive ketones (excluding diaryl/α,β-unsaturated/α-hetero) is 2. The molecule has 7 aliphatic rings. The van der Waals surface area contributed by atoms with Crippen molar-refractivity contribution in [3.05, 3.63) is 69.8 Å². The predicted octanol–water partition coefficient (Wildman–Crippen LogP) is 3.90. The molecule has 1 aliphatic carbocycles. The Labute approximate surface area is 410 Å². The molecule has 2 fully saturated rings. The van der Waals surface area contributed by atoms with Gasteiger partial charge in [-0.3, -0.25) is 29.0 Å². The van der Waals surface area contributed by atoms with Crippen molar-refractivity contribution in [3.63, 3.8) is 0 Å². The lowest BCUT2D eigenvalue weighted by Crippen LogP contribution is -2.50. The van der Waals surface area contributed by atoms with Crippen LogP contribution in [0.2, 0.25) is 0 Å². The van der Waals surface area contributed by atoms with Crippen molar-refractivity contribution >= 4 is 35.1 Å². The van der Waals surface area contributed by atoms with Gasteiger partial charge in [0.05, 0.1) is 47.1 Å². The summed E-state index contributed by atoms with van der Waals surface area (Å²) in [5.41, 5.74) is -0.362. The van der Waals surface area contributed by atoms with E-state index in [1.54, 1.807) is 50.8 Å². The van der Waals surface area contributed by atoms with Gasteiger partial charge in [0, 0.05) is 107 Å². The van der Waals surface area contributed by atoms with E-state index in [0.29, 0.717) is 51.5 Å². The molecule has 6 heterocycles. The van der Waals surface area contributed by atoms with Gasteiger partial charge in [-0.15, -0.1) is 0 Å². The van der Waals surface area contributed by atoms with Crippen LogP contribution >= 0.6 is 0 Å². The van der Waals surface area contributed by atoms with Crippen LogP contribution < -0.4 is 15.4 Å². The van der Waals surface area contributed by atoms with Crippen molar-refractivity contribution in [2.75, 3.05) is 60.0 Å². The lowest BCUT2D eigenvalue weighted by atomic mass is 9.81. The molecule has 2 unspecified atom stereocenters. The molecule has 6 aliphatic heterocycles. The van der Waals surface area contributed by atoms with Gasteiger partial charge in [0.25, 0.3) is 11.7 Å². The highest BCUT2D eigenvalue weighted by atomic mass is 16.7. The van der Waals surface area contributed by atoms with E-state index < -0.39 is 89.2 Å². The maximum Gasteiger partial charge on any atom is 0.315 e. The van der Waals surface area contributed by atoms with E-state index >= 15 is 0 Å². The number of rotatable bonds is 6. The molecule has 2 saturated heterocycles. The lowest BCUT2D eigenvalue weighted by Gasteiger charge is -2.38. The van der Waals surface area contributed by atoms with Crippen LogP contribution in [0.5, 0.6) is 11.5 Å². The first-order chi connectivity index (χ1) is 33.1. The van der Waals surface area contributed by atoms with Gasteiger partial charge in [0.1, 0.15) is 35.4 Å². The van der Waals surface area contributed by atoms with Crippen molar-refractivity contribution in [3.8, 4) is 11.5 Å². The monoisotopic (exact) mass is 973 g/mol. The Kier molecular flexibility index (Phi) is 15.8. The van der Waals surface area contributed by atoms with Crippen molar-refractivity contribution in [2.24, 2.45) is 28.7 Å². The zero-order chi connectivity index (χ0) is 51.0. The summed E-state index contributed by atoms with van der Waals surface area (Å²) >= 11 is 0. The summed E-state index contributed by atoms with van der Waals surface area (Å²) in [6, 6.07) is 0. The van der Waals surface area contributed by atoms with Crippen LogP contribution in [0, 0.1) is 30.6 Å². The minimum absolute atomic E-state index is 0.00630. The number of amides is 2. The summed E-state index contributed by atoms with van der Waals surface area (Å²) < 4.78 is 24.3. The highest BCUT2D eigenvalue weighted by Crippen LogP contribution is 2.50. The number of piperidine rings is 1. The first-order valence-electron chi connectivity index (χ1n) is 24.7. The number of hydrogen-bond donors (Lipinski definition) is 5. The molecule has 0 saturated carbocycles. The summed E-state index contributed by atoms with van der Waals surface area (Å²) in [4.78, 5) is 81.9. The van der Waals surface area contributed by atoms with Crippen LogP contribution in [0.15, 0.2) is 52.5 Å². The number of aromatic hydroxyl groups is 1. The number of ether oxygens (including phenoxy) is 4. The van der Waals surface area contributed by atoms with Crippen molar-refractivity contribution < 1.29 is 58.2 Å². The second-order valence-corrected chi connectivity index (χ2v) is 20.6. The van der Waals surface area contributed by atoms with Crippen molar-refractivity contribution in [1.29, 1.82) is 0 Å². The average molecular weight is 973 g/mol. The number of methoxy groups -OCH3 is 1. The number of carbonyl (C=O) groups is 5. The summed E-state index contributed by atoms with van der Waals surface area (Å²) in [5.74, 6) is -7.20. The zero-order valence-electron chi connectivity index (χ0n) is 42.3. The lowest BCUT2D eigenvalue weighted by molar-refractivity contribution is -0.160. The van der Waals surface area contributed by atoms with Crippen LogP contribution in [0.3, 0.4) is 0 Å². The first kappa shape index (κ1) is 52.4. The molecule has 382 valence electrons. The van der Waals surface area contributed by atoms with Gasteiger partial charge in [-0.1, -0.05) is 52.8 Å². The fourth-order valence-corrected chi connectivity index (χ4v) is 10.4. The molecular formula is C52H72N6O12. The standard InChI is InChI=1S/C52H72N6O12/c1-28(2)27-57-20-16-52(17-21-57)54-41-38-39-46(63)33(7)48-40(38)49(65)51(8,70-48)68-24-15-34(67-10)25-35(69-37(60)26-36(59)58-19-12-18-56(9)22-23-58)31(5)45(62)32(6)44(61)29(3)13-11-14-30(4)50(66)53-43(47(39)64)42(41)55-52/h11,13-15,24,28-29,31-32,34-35,44-45,55,61-63H,12,16-23,25-27H2,1-10H3,(H,53,66)/b13-11+,24-15+,30-14-/t29?,31-,32+,34-,35+,44-,45?,51-/m0/s1. The van der Waals surface area contributed by atoms with Gasteiger partial charge < -0.3 is 59.6 Å². The van der Waals surface area contributed by atoms with E-state index in [1.165, 1.54) is 33.3 Å². The van der Waals surface area contributed by atoms with Gasteiger partial charge in [-0.05, 0) is 45.9 Å². The Balaban J connectivity index is 1.26. The number of nitrogens with zero attached hydrogens (tertiary/aromatic N) is 4. The topological polar surface area (TPSA) is 229 Å².